The van der Waals surface area contributed by atoms with Crippen molar-refractivity contribution in [3.8, 4) is 5.75 Å². The van der Waals surface area contributed by atoms with Gasteiger partial charge in [0.2, 0.25) is 0 Å². The van der Waals surface area contributed by atoms with Gasteiger partial charge in [-0.05, 0) is 25.3 Å². The minimum absolute atomic E-state index is 0.286. The summed E-state index contributed by atoms with van der Waals surface area (Å²) in [5.41, 5.74) is 0.394. The number of carbonyl (C=O) groups excluding carboxylic acids is 2. The summed E-state index contributed by atoms with van der Waals surface area (Å²) in [4.78, 5) is 24.0. The number of hydrogen-bond donors (Lipinski definition) is 1. The first-order valence-corrected chi connectivity index (χ1v) is 7.62. The molecule has 0 fully saturated rings. The quantitative estimate of drug-likeness (QED) is 0.776. The average molecular weight is 297 g/mol. The Bertz CT molecular complexity index is 464. The van der Waals surface area contributed by atoms with Crippen molar-refractivity contribution in [2.75, 3.05) is 25.7 Å². The molecule has 0 aromatic heterocycles. The summed E-state index contributed by atoms with van der Waals surface area (Å²) in [6.07, 6.45) is 1.86. The number of amides is 1. The molecule has 6 heteroatoms. The van der Waals surface area contributed by atoms with Crippen LogP contribution in [0.5, 0.6) is 5.75 Å². The van der Waals surface area contributed by atoms with Crippen LogP contribution in [0.3, 0.4) is 0 Å². The first kappa shape index (κ1) is 16.4. The van der Waals surface area contributed by atoms with Gasteiger partial charge in [0.25, 0.3) is 5.91 Å². The van der Waals surface area contributed by atoms with Crippen molar-refractivity contribution in [1.29, 1.82) is 0 Å². The van der Waals surface area contributed by atoms with Crippen molar-refractivity contribution in [3.63, 3.8) is 0 Å². The van der Waals surface area contributed by atoms with Gasteiger partial charge in [-0.15, -0.1) is 0 Å². The number of hydrogen-bond acceptors (Lipinski definition) is 5. The summed E-state index contributed by atoms with van der Waals surface area (Å²) in [5, 5.41) is 2.68. The van der Waals surface area contributed by atoms with E-state index in [1.165, 1.54) is 18.9 Å². The number of ether oxygens (including phenoxy) is 2. The zero-order valence-electron chi connectivity index (χ0n) is 11.8. The molecule has 1 aromatic rings. The third kappa shape index (κ3) is 4.45. The molecule has 1 amide bonds. The van der Waals surface area contributed by atoms with Gasteiger partial charge < -0.3 is 14.8 Å². The smallest absolute Gasteiger partial charge is 0.329 e. The lowest BCUT2D eigenvalue weighted by molar-refractivity contribution is -0.144. The predicted octanol–water partition coefficient (Wildman–Crippen LogP) is 1.72. The van der Waals surface area contributed by atoms with Crippen LogP contribution in [0.4, 0.5) is 0 Å². The fourth-order valence-electron chi connectivity index (χ4n) is 1.65. The van der Waals surface area contributed by atoms with E-state index in [0.717, 1.165) is 0 Å². The second kappa shape index (κ2) is 8.47. The number of para-hydroxylation sites is 1. The van der Waals surface area contributed by atoms with E-state index in [1.807, 2.05) is 6.26 Å². The lowest BCUT2D eigenvalue weighted by Crippen LogP contribution is -2.43. The molecule has 0 radical (unpaired) electrons. The van der Waals surface area contributed by atoms with Crippen LogP contribution < -0.4 is 10.1 Å². The van der Waals surface area contributed by atoms with Crippen molar-refractivity contribution in [3.05, 3.63) is 29.8 Å². The van der Waals surface area contributed by atoms with Crippen LogP contribution >= 0.6 is 11.8 Å². The third-order valence-corrected chi connectivity index (χ3v) is 3.23. The van der Waals surface area contributed by atoms with E-state index in [-0.39, 0.29) is 12.5 Å². The Kier molecular flexibility index (Phi) is 6.93. The topological polar surface area (TPSA) is 64.6 Å². The van der Waals surface area contributed by atoms with Gasteiger partial charge >= 0.3 is 5.97 Å². The maximum Gasteiger partial charge on any atom is 0.329 e. The summed E-state index contributed by atoms with van der Waals surface area (Å²) >= 11 is 1.46. The Morgan fingerprint density at radius 3 is 2.65 bits per heavy atom. The van der Waals surface area contributed by atoms with Crippen molar-refractivity contribution in [2.24, 2.45) is 0 Å². The molecule has 1 aromatic carbocycles. The van der Waals surface area contributed by atoms with Crippen molar-refractivity contribution < 1.29 is 19.1 Å². The van der Waals surface area contributed by atoms with E-state index in [1.54, 1.807) is 31.2 Å². The van der Waals surface area contributed by atoms with Gasteiger partial charge in [0, 0.05) is 5.75 Å². The van der Waals surface area contributed by atoms with Crippen LogP contribution in [-0.4, -0.2) is 43.6 Å². The summed E-state index contributed by atoms with van der Waals surface area (Å²) in [6, 6.07) is 6.20. The third-order valence-electron chi connectivity index (χ3n) is 2.56. The molecule has 0 unspecified atom stereocenters. The van der Waals surface area contributed by atoms with Gasteiger partial charge in [-0.1, -0.05) is 12.1 Å². The van der Waals surface area contributed by atoms with Crippen molar-refractivity contribution in [2.45, 2.75) is 13.0 Å². The Balaban J connectivity index is 2.82. The van der Waals surface area contributed by atoms with Gasteiger partial charge in [0.15, 0.2) is 0 Å². The van der Waals surface area contributed by atoms with Crippen LogP contribution in [0.15, 0.2) is 24.3 Å². The predicted molar refractivity (Wildman–Crippen MR) is 79.3 cm³/mol. The number of esters is 1. The highest BCUT2D eigenvalue weighted by molar-refractivity contribution is 7.98. The SMILES string of the molecule is CCOC(=O)[C@H](CSC)NC(=O)c1ccccc1OC. The van der Waals surface area contributed by atoms with Crippen LogP contribution in [0.25, 0.3) is 0 Å². The Hall–Kier alpha value is -1.69. The minimum Gasteiger partial charge on any atom is -0.496 e. The van der Waals surface area contributed by atoms with Gasteiger partial charge in [-0.3, -0.25) is 4.79 Å². The lowest BCUT2D eigenvalue weighted by atomic mass is 10.1. The number of nitrogens with one attached hydrogen (secondary N) is 1. The fraction of sp³-hybridized carbons (Fsp3) is 0.429. The van der Waals surface area contributed by atoms with E-state index >= 15 is 0 Å². The average Bonchev–Trinajstić information content (AvgIpc) is 2.46. The number of carbonyl (C=O) groups is 2. The number of methoxy groups -OCH3 is 1. The molecule has 0 bridgehead atoms. The Morgan fingerprint density at radius 2 is 2.05 bits per heavy atom. The van der Waals surface area contributed by atoms with E-state index in [4.69, 9.17) is 9.47 Å². The molecule has 110 valence electrons. The van der Waals surface area contributed by atoms with E-state index < -0.39 is 12.0 Å². The molecular formula is C14H19NO4S. The zero-order valence-corrected chi connectivity index (χ0v) is 12.7. The van der Waals surface area contributed by atoms with Gasteiger partial charge in [0.1, 0.15) is 11.8 Å². The van der Waals surface area contributed by atoms with Crippen molar-refractivity contribution in [1.82, 2.24) is 5.32 Å². The molecule has 1 rings (SSSR count). The minimum atomic E-state index is -0.664. The lowest BCUT2D eigenvalue weighted by Gasteiger charge is -2.17. The Labute approximate surface area is 123 Å². The standard InChI is InChI=1S/C14H19NO4S/c1-4-19-14(17)11(9-20-3)15-13(16)10-7-5-6-8-12(10)18-2/h5-8,11H,4,9H2,1-3H3,(H,15,16)/t11-/m0/s1. The zero-order chi connectivity index (χ0) is 15.0. The van der Waals surface area contributed by atoms with Crippen LogP contribution in [0, 0.1) is 0 Å². The summed E-state index contributed by atoms with van der Waals surface area (Å²) in [6.45, 7) is 2.02. The molecule has 5 nitrogen and oxygen atoms in total. The molecule has 1 N–H and O–H groups in total. The van der Waals surface area contributed by atoms with Crippen LogP contribution in [-0.2, 0) is 9.53 Å². The molecular weight excluding hydrogens is 278 g/mol. The molecule has 0 saturated carbocycles. The van der Waals surface area contributed by atoms with Crippen molar-refractivity contribution >= 4 is 23.6 Å². The highest BCUT2D eigenvalue weighted by Crippen LogP contribution is 2.17. The monoisotopic (exact) mass is 297 g/mol. The second-order valence-corrected chi connectivity index (χ2v) is 4.84. The first-order chi connectivity index (χ1) is 9.63. The molecule has 0 spiro atoms. The first-order valence-electron chi connectivity index (χ1n) is 6.23. The van der Waals surface area contributed by atoms with E-state index in [0.29, 0.717) is 17.1 Å². The van der Waals surface area contributed by atoms with Crippen LogP contribution in [0.2, 0.25) is 0 Å². The molecule has 0 aliphatic heterocycles. The van der Waals surface area contributed by atoms with Crippen LogP contribution in [0.1, 0.15) is 17.3 Å². The van der Waals surface area contributed by atoms with Gasteiger partial charge in [-0.25, -0.2) is 4.79 Å². The second-order valence-electron chi connectivity index (χ2n) is 3.93. The largest absolute Gasteiger partial charge is 0.496 e. The number of rotatable bonds is 7. The van der Waals surface area contributed by atoms with Gasteiger partial charge in [0.05, 0.1) is 19.3 Å². The highest BCUT2D eigenvalue weighted by atomic mass is 32.2. The molecule has 1 atom stereocenters. The number of benzene rings is 1. The molecule has 0 saturated heterocycles. The van der Waals surface area contributed by atoms with E-state index in [2.05, 4.69) is 5.32 Å². The normalized spacial score (nSPS) is 11.6. The maximum absolute atomic E-state index is 12.2. The Morgan fingerprint density at radius 1 is 1.35 bits per heavy atom. The summed E-state index contributed by atoms with van der Waals surface area (Å²) < 4.78 is 10.1. The molecule has 0 aliphatic carbocycles. The highest BCUT2D eigenvalue weighted by Gasteiger charge is 2.23. The summed E-state index contributed by atoms with van der Waals surface area (Å²) in [7, 11) is 1.50. The van der Waals surface area contributed by atoms with Gasteiger partial charge in [-0.2, -0.15) is 11.8 Å². The summed E-state index contributed by atoms with van der Waals surface area (Å²) in [5.74, 6) is 0.149. The molecule has 0 aliphatic rings. The van der Waals surface area contributed by atoms with E-state index in [9.17, 15) is 9.59 Å². The number of thioether (sulfide) groups is 1. The maximum atomic E-state index is 12.2. The molecule has 20 heavy (non-hydrogen) atoms. The molecule has 0 heterocycles. The fourth-order valence-corrected chi connectivity index (χ4v) is 2.20.